The average molecular weight is 595 g/mol. The molecule has 0 radical (unpaired) electrons. The largest absolute Gasteiger partial charge is 0.477 e. The van der Waals surface area contributed by atoms with Crippen molar-refractivity contribution in [1.29, 1.82) is 0 Å². The summed E-state index contributed by atoms with van der Waals surface area (Å²) in [6.45, 7) is 3.01. The molecule has 0 spiro atoms. The number of cyclic esters (lactones) is 1. The van der Waals surface area contributed by atoms with E-state index in [2.05, 4.69) is 15.2 Å². The molecule has 12 nitrogen and oxygen atoms in total. The molecule has 3 aromatic rings. The van der Waals surface area contributed by atoms with E-state index >= 15 is 4.39 Å². The number of aromatic nitrogens is 2. The molecule has 1 saturated carbocycles. The van der Waals surface area contributed by atoms with Crippen LogP contribution in [-0.4, -0.2) is 88.7 Å². The van der Waals surface area contributed by atoms with Gasteiger partial charge in [-0.25, -0.2) is 19.0 Å². The lowest BCUT2D eigenvalue weighted by atomic mass is 10.1. The number of thioether (sulfide) groups is 1. The summed E-state index contributed by atoms with van der Waals surface area (Å²) in [5.74, 6) is -1.59. The first-order valence-corrected chi connectivity index (χ1v) is 14.7. The lowest BCUT2D eigenvalue weighted by Gasteiger charge is -2.36. The fourth-order valence-corrected chi connectivity index (χ4v) is 6.53. The van der Waals surface area contributed by atoms with Crippen LogP contribution in [0.2, 0.25) is 0 Å². The van der Waals surface area contributed by atoms with Crippen molar-refractivity contribution in [3.8, 4) is 0 Å². The zero-order valence-corrected chi connectivity index (χ0v) is 23.2. The van der Waals surface area contributed by atoms with Gasteiger partial charge in [-0.1, -0.05) is 0 Å². The maximum atomic E-state index is 15.3. The van der Waals surface area contributed by atoms with Gasteiger partial charge in [0.25, 0.3) is 0 Å². The third-order valence-electron chi connectivity index (χ3n) is 8.03. The number of anilines is 3. The minimum absolute atomic E-state index is 0.0330. The van der Waals surface area contributed by atoms with Crippen LogP contribution in [0.25, 0.3) is 11.0 Å². The van der Waals surface area contributed by atoms with E-state index in [1.165, 1.54) is 18.0 Å². The van der Waals surface area contributed by atoms with Crippen molar-refractivity contribution >= 4 is 58.0 Å². The molecule has 3 fully saturated rings. The number of hydrogen-bond acceptors (Lipinski definition) is 9. The third kappa shape index (κ3) is 4.83. The Hall–Kier alpha value is -4.17. The van der Waals surface area contributed by atoms with Crippen LogP contribution in [0.4, 0.5) is 26.4 Å². The minimum atomic E-state index is -1.34. The van der Waals surface area contributed by atoms with E-state index in [1.54, 1.807) is 15.5 Å². The van der Waals surface area contributed by atoms with Crippen molar-refractivity contribution < 1.29 is 28.6 Å². The van der Waals surface area contributed by atoms with Crippen LogP contribution < -0.4 is 20.5 Å². The number of nitrogens with zero attached hydrogens (tertiary/aromatic N) is 5. The SMILES string of the molecule is O=C1CSc2ccc(N3C[C@@H](CN4CCN(c5nc6c(cc5F)c(=O)c(C(=O)O)cn6C5CC5)CC4)OC3=O)cc2N1. The van der Waals surface area contributed by atoms with E-state index in [4.69, 9.17) is 4.74 Å². The van der Waals surface area contributed by atoms with Crippen molar-refractivity contribution in [2.24, 2.45) is 0 Å². The van der Waals surface area contributed by atoms with E-state index in [0.29, 0.717) is 62.0 Å². The van der Waals surface area contributed by atoms with Crippen LogP contribution in [0.1, 0.15) is 29.2 Å². The molecule has 218 valence electrons. The number of aromatic carboxylic acids is 1. The number of piperazine rings is 1. The summed E-state index contributed by atoms with van der Waals surface area (Å²) in [6, 6.07) is 6.68. The number of carboxylic acid groups (broad SMARTS) is 1. The molecule has 1 aromatic carbocycles. The van der Waals surface area contributed by atoms with Gasteiger partial charge in [0.2, 0.25) is 11.3 Å². The van der Waals surface area contributed by atoms with Gasteiger partial charge in [-0.3, -0.25) is 19.4 Å². The third-order valence-corrected chi connectivity index (χ3v) is 9.10. The lowest BCUT2D eigenvalue weighted by molar-refractivity contribution is -0.113. The molecule has 2 amide bonds. The fourth-order valence-electron chi connectivity index (χ4n) is 5.74. The van der Waals surface area contributed by atoms with Gasteiger partial charge in [0.1, 0.15) is 17.3 Å². The monoisotopic (exact) mass is 594 g/mol. The van der Waals surface area contributed by atoms with E-state index in [9.17, 15) is 24.3 Å². The van der Waals surface area contributed by atoms with E-state index < -0.39 is 23.3 Å². The Labute approximate surface area is 243 Å². The number of ether oxygens (including phenoxy) is 1. The van der Waals surface area contributed by atoms with Gasteiger partial charge in [0.05, 0.1) is 23.4 Å². The number of carboxylic acids is 1. The molecular formula is C28H27FN6O6S. The second kappa shape index (κ2) is 10.3. The highest BCUT2D eigenvalue weighted by Gasteiger charge is 2.35. The summed E-state index contributed by atoms with van der Waals surface area (Å²) in [6.07, 6.45) is 2.22. The maximum Gasteiger partial charge on any atom is 0.414 e. The number of pyridine rings is 2. The topological polar surface area (TPSA) is 137 Å². The van der Waals surface area contributed by atoms with Gasteiger partial charge in [0.15, 0.2) is 11.6 Å². The normalized spacial score (nSPS) is 20.9. The second-order valence-corrected chi connectivity index (χ2v) is 11.9. The van der Waals surface area contributed by atoms with Crippen molar-refractivity contribution in [1.82, 2.24) is 14.5 Å². The Kier molecular flexibility index (Phi) is 6.54. The number of amides is 2. The van der Waals surface area contributed by atoms with Crippen LogP contribution in [0.3, 0.4) is 0 Å². The van der Waals surface area contributed by atoms with Gasteiger partial charge in [-0.05, 0) is 37.1 Å². The Balaban J connectivity index is 1.03. The molecule has 2 N–H and O–H groups in total. The Morgan fingerprint density at radius 3 is 2.67 bits per heavy atom. The predicted octanol–water partition coefficient (Wildman–Crippen LogP) is 2.76. The summed E-state index contributed by atoms with van der Waals surface area (Å²) in [7, 11) is 0. The van der Waals surface area contributed by atoms with Crippen LogP contribution in [0.15, 0.2) is 40.2 Å². The zero-order valence-electron chi connectivity index (χ0n) is 22.4. The lowest BCUT2D eigenvalue weighted by Crippen LogP contribution is -2.49. The number of halogens is 1. The standard InChI is InChI=1S/C28H27FN6O6S/c29-20-10-18-24(37)19(27(38)39)13-34(15-1-2-15)25(18)31-26(20)33-7-5-32(6-8-33)11-17-12-35(28(40)41-17)16-3-4-22-21(9-16)30-23(36)14-42-22/h3-4,9-10,13,15,17H,1-2,5-8,11-12,14H2,(H,30,36)(H,38,39)/t17-/m1/s1. The molecule has 1 atom stereocenters. The summed E-state index contributed by atoms with van der Waals surface area (Å²) in [4.78, 5) is 59.8. The molecule has 7 rings (SSSR count). The highest BCUT2D eigenvalue weighted by atomic mass is 32.2. The smallest absolute Gasteiger partial charge is 0.414 e. The number of carbonyl (C=O) groups excluding carboxylic acids is 2. The summed E-state index contributed by atoms with van der Waals surface area (Å²) in [5, 5.41) is 12.3. The van der Waals surface area contributed by atoms with Crippen LogP contribution >= 0.6 is 11.8 Å². The first-order valence-electron chi connectivity index (χ1n) is 13.8. The number of nitrogens with one attached hydrogen (secondary N) is 1. The van der Waals surface area contributed by atoms with Crippen molar-refractivity contribution in [2.45, 2.75) is 29.9 Å². The van der Waals surface area contributed by atoms with E-state index in [-0.39, 0.29) is 34.8 Å². The quantitative estimate of drug-likeness (QED) is 0.438. The van der Waals surface area contributed by atoms with Gasteiger partial charge in [0, 0.05) is 55.5 Å². The molecule has 14 heteroatoms. The molecule has 5 heterocycles. The molecule has 42 heavy (non-hydrogen) atoms. The Bertz CT molecular complexity index is 1700. The van der Waals surface area contributed by atoms with Crippen molar-refractivity contribution in [3.63, 3.8) is 0 Å². The number of rotatable bonds is 6. The van der Waals surface area contributed by atoms with Crippen molar-refractivity contribution in [3.05, 3.63) is 52.1 Å². The number of fused-ring (bicyclic) bond motifs is 2. The molecule has 3 aliphatic heterocycles. The van der Waals surface area contributed by atoms with E-state index in [0.717, 1.165) is 23.8 Å². The number of hydrogen-bond donors (Lipinski definition) is 2. The molecule has 2 saturated heterocycles. The molecule has 1 aliphatic carbocycles. The molecule has 4 aliphatic rings. The molecule has 0 unspecified atom stereocenters. The van der Waals surface area contributed by atoms with Crippen LogP contribution in [0.5, 0.6) is 0 Å². The van der Waals surface area contributed by atoms with Gasteiger partial charge in [-0.15, -0.1) is 11.8 Å². The van der Waals surface area contributed by atoms with Crippen molar-refractivity contribution in [2.75, 3.05) is 60.1 Å². The number of benzene rings is 1. The Morgan fingerprint density at radius 1 is 1.14 bits per heavy atom. The Morgan fingerprint density at radius 2 is 1.93 bits per heavy atom. The molecule has 2 aromatic heterocycles. The summed E-state index contributed by atoms with van der Waals surface area (Å²) >= 11 is 1.46. The van der Waals surface area contributed by atoms with Gasteiger partial charge in [-0.2, -0.15) is 0 Å². The zero-order chi connectivity index (χ0) is 29.1. The first kappa shape index (κ1) is 26.7. The fraction of sp³-hybridized carbons (Fsp3) is 0.393. The highest BCUT2D eigenvalue weighted by molar-refractivity contribution is 8.00. The van der Waals surface area contributed by atoms with Crippen LogP contribution in [0, 0.1) is 5.82 Å². The van der Waals surface area contributed by atoms with E-state index in [1.807, 2.05) is 17.0 Å². The van der Waals surface area contributed by atoms with Gasteiger partial charge < -0.3 is 24.6 Å². The minimum Gasteiger partial charge on any atom is -0.477 e. The summed E-state index contributed by atoms with van der Waals surface area (Å²) < 4.78 is 22.6. The summed E-state index contributed by atoms with van der Waals surface area (Å²) in [5.41, 5.74) is 0.514. The van der Waals surface area contributed by atoms with Gasteiger partial charge >= 0.3 is 12.1 Å². The van der Waals surface area contributed by atoms with Crippen LogP contribution in [-0.2, 0) is 9.53 Å². The molecular weight excluding hydrogens is 567 g/mol. The maximum absolute atomic E-state index is 15.3. The highest BCUT2D eigenvalue weighted by Crippen LogP contribution is 2.38. The average Bonchev–Trinajstić information content (AvgIpc) is 3.75. The second-order valence-electron chi connectivity index (χ2n) is 10.9. The number of carbonyl (C=O) groups is 3. The predicted molar refractivity (Wildman–Crippen MR) is 153 cm³/mol. The first-order chi connectivity index (χ1) is 20.2. The molecule has 0 bridgehead atoms.